The normalized spacial score (nSPS) is 10.8. The third-order valence-electron chi connectivity index (χ3n) is 5.23. The number of carbonyl (C=O) groups excluding carboxylic acids is 1. The molecule has 32 heavy (non-hydrogen) atoms. The van der Waals surface area contributed by atoms with Crippen LogP contribution in [0, 0.1) is 0 Å². The second-order valence-corrected chi connectivity index (χ2v) is 7.60. The maximum Gasteiger partial charge on any atom is 0.189 e. The van der Waals surface area contributed by atoms with Gasteiger partial charge < -0.3 is 21.1 Å². The van der Waals surface area contributed by atoms with Crippen LogP contribution in [0.2, 0.25) is 0 Å². The van der Waals surface area contributed by atoms with Crippen LogP contribution in [0.5, 0.6) is 0 Å². The van der Waals surface area contributed by atoms with Gasteiger partial charge in [-0.3, -0.25) is 9.78 Å². The molecule has 1 aromatic carbocycles. The Labute approximate surface area is 188 Å². The number of hydrogen-bond donors (Lipinski definition) is 2. The number of carbonyl (C=O) groups is 1. The molecular weight excluding hydrogens is 404 g/mol. The summed E-state index contributed by atoms with van der Waals surface area (Å²) < 4.78 is 5.13. The first-order valence-electron chi connectivity index (χ1n) is 10.6. The minimum absolute atomic E-state index is 0.123. The standard InChI is InChI=1S/C24H30N6O2/c1-30(12-3-13-32-2)21-9-11-27-15-19(21)14-22(31)23-24(26)28-16-20(29-23)18-6-4-17(5-7-18)8-10-25/h4-7,9,11,15-16H,3,8,10,12-14,25H2,1-2H3,(H2,26,28). The number of Topliss-reactive ketones (excluding diaryl/α,β-unsaturated/α-hetero) is 1. The monoisotopic (exact) mass is 434 g/mol. The number of pyridine rings is 1. The van der Waals surface area contributed by atoms with Crippen molar-refractivity contribution in [3.8, 4) is 11.3 Å². The Morgan fingerprint density at radius 3 is 2.66 bits per heavy atom. The number of nitrogens with two attached hydrogens (primary N) is 2. The average molecular weight is 435 g/mol. The van der Waals surface area contributed by atoms with E-state index in [0.29, 0.717) is 18.8 Å². The zero-order valence-corrected chi connectivity index (χ0v) is 18.6. The summed E-state index contributed by atoms with van der Waals surface area (Å²) in [6.45, 7) is 2.07. The van der Waals surface area contributed by atoms with E-state index in [1.807, 2.05) is 37.4 Å². The van der Waals surface area contributed by atoms with Gasteiger partial charge in [-0.05, 0) is 31.0 Å². The molecule has 0 aliphatic heterocycles. The number of anilines is 2. The second-order valence-electron chi connectivity index (χ2n) is 7.60. The number of nitrogen functional groups attached to an aromatic ring is 1. The number of hydrogen-bond acceptors (Lipinski definition) is 8. The summed E-state index contributed by atoms with van der Waals surface area (Å²) in [7, 11) is 3.67. The van der Waals surface area contributed by atoms with Gasteiger partial charge in [-0.15, -0.1) is 0 Å². The summed E-state index contributed by atoms with van der Waals surface area (Å²) >= 11 is 0. The van der Waals surface area contributed by atoms with Crippen molar-refractivity contribution in [2.75, 3.05) is 44.5 Å². The van der Waals surface area contributed by atoms with E-state index in [9.17, 15) is 4.79 Å². The molecule has 3 rings (SSSR count). The van der Waals surface area contributed by atoms with Crippen molar-refractivity contribution in [2.45, 2.75) is 19.3 Å². The van der Waals surface area contributed by atoms with Crippen LogP contribution in [0.3, 0.4) is 0 Å². The molecule has 2 aromatic heterocycles. The molecule has 3 aromatic rings. The molecule has 0 saturated heterocycles. The van der Waals surface area contributed by atoms with E-state index in [0.717, 1.165) is 41.8 Å². The minimum Gasteiger partial charge on any atom is -0.385 e. The largest absolute Gasteiger partial charge is 0.385 e. The summed E-state index contributed by atoms with van der Waals surface area (Å²) in [5, 5.41) is 0. The van der Waals surface area contributed by atoms with Gasteiger partial charge in [-0.2, -0.15) is 0 Å². The molecule has 0 aliphatic rings. The van der Waals surface area contributed by atoms with E-state index >= 15 is 0 Å². The Morgan fingerprint density at radius 1 is 1.16 bits per heavy atom. The second kappa shape index (κ2) is 11.3. The van der Waals surface area contributed by atoms with Crippen molar-refractivity contribution in [3.63, 3.8) is 0 Å². The van der Waals surface area contributed by atoms with Gasteiger partial charge in [-0.25, -0.2) is 9.97 Å². The molecule has 0 unspecified atom stereocenters. The zero-order valence-electron chi connectivity index (χ0n) is 18.6. The van der Waals surface area contributed by atoms with Gasteiger partial charge in [0.05, 0.1) is 11.9 Å². The van der Waals surface area contributed by atoms with Crippen LogP contribution in [-0.4, -0.2) is 54.6 Å². The molecular formula is C24H30N6O2. The molecule has 4 N–H and O–H groups in total. The summed E-state index contributed by atoms with van der Waals surface area (Å²) in [6, 6.07) is 9.82. The molecule has 168 valence electrons. The van der Waals surface area contributed by atoms with Gasteiger partial charge in [0.25, 0.3) is 0 Å². The molecule has 0 aliphatic carbocycles. The summed E-state index contributed by atoms with van der Waals surface area (Å²) in [5.41, 5.74) is 16.2. The van der Waals surface area contributed by atoms with Crippen LogP contribution in [0.15, 0.2) is 48.9 Å². The van der Waals surface area contributed by atoms with E-state index < -0.39 is 0 Å². The van der Waals surface area contributed by atoms with E-state index in [1.165, 1.54) is 0 Å². The molecule has 0 atom stereocenters. The Bertz CT molecular complexity index is 1040. The van der Waals surface area contributed by atoms with E-state index in [4.69, 9.17) is 16.2 Å². The van der Waals surface area contributed by atoms with Crippen LogP contribution in [0.1, 0.15) is 28.0 Å². The molecule has 8 nitrogen and oxygen atoms in total. The molecule has 0 amide bonds. The third-order valence-corrected chi connectivity index (χ3v) is 5.23. The van der Waals surface area contributed by atoms with Gasteiger partial charge in [0, 0.05) is 62.9 Å². The fourth-order valence-corrected chi connectivity index (χ4v) is 3.50. The van der Waals surface area contributed by atoms with Crippen molar-refractivity contribution in [1.82, 2.24) is 15.0 Å². The Morgan fingerprint density at radius 2 is 1.94 bits per heavy atom. The van der Waals surface area contributed by atoms with Crippen molar-refractivity contribution < 1.29 is 9.53 Å². The van der Waals surface area contributed by atoms with Crippen LogP contribution >= 0.6 is 0 Å². The maximum atomic E-state index is 13.1. The number of ketones is 1. The quantitative estimate of drug-likeness (QED) is 0.349. The first-order valence-corrected chi connectivity index (χ1v) is 10.6. The smallest absolute Gasteiger partial charge is 0.189 e. The Hall–Kier alpha value is -3.36. The lowest BCUT2D eigenvalue weighted by Crippen LogP contribution is -2.22. The fourth-order valence-electron chi connectivity index (χ4n) is 3.50. The lowest BCUT2D eigenvalue weighted by molar-refractivity contribution is 0.0989. The van der Waals surface area contributed by atoms with Crippen molar-refractivity contribution in [1.29, 1.82) is 0 Å². The topological polar surface area (TPSA) is 120 Å². The maximum absolute atomic E-state index is 13.1. The molecule has 2 heterocycles. The van der Waals surface area contributed by atoms with E-state index in [2.05, 4.69) is 19.9 Å². The van der Waals surface area contributed by atoms with E-state index in [1.54, 1.807) is 25.7 Å². The molecule has 0 radical (unpaired) electrons. The highest BCUT2D eigenvalue weighted by molar-refractivity contribution is 6.00. The van der Waals surface area contributed by atoms with Crippen LogP contribution < -0.4 is 16.4 Å². The van der Waals surface area contributed by atoms with Gasteiger partial charge in [0.2, 0.25) is 0 Å². The summed E-state index contributed by atoms with van der Waals surface area (Å²) in [6.07, 6.45) is 6.85. The fraction of sp³-hybridized carbons (Fsp3) is 0.333. The summed E-state index contributed by atoms with van der Waals surface area (Å²) in [4.78, 5) is 28.2. The lowest BCUT2D eigenvalue weighted by Gasteiger charge is -2.22. The molecule has 0 saturated carbocycles. The first-order chi connectivity index (χ1) is 15.5. The van der Waals surface area contributed by atoms with Crippen molar-refractivity contribution in [2.24, 2.45) is 5.73 Å². The van der Waals surface area contributed by atoms with Gasteiger partial charge >= 0.3 is 0 Å². The van der Waals surface area contributed by atoms with Gasteiger partial charge in [0.15, 0.2) is 11.6 Å². The van der Waals surface area contributed by atoms with Gasteiger partial charge in [-0.1, -0.05) is 24.3 Å². The Balaban J connectivity index is 1.81. The highest BCUT2D eigenvalue weighted by Gasteiger charge is 2.18. The molecule has 0 bridgehead atoms. The average Bonchev–Trinajstić information content (AvgIpc) is 2.80. The number of rotatable bonds is 11. The predicted molar refractivity (Wildman–Crippen MR) is 127 cm³/mol. The van der Waals surface area contributed by atoms with Crippen LogP contribution in [-0.2, 0) is 17.6 Å². The number of ether oxygens (including phenoxy) is 1. The van der Waals surface area contributed by atoms with Crippen molar-refractivity contribution >= 4 is 17.3 Å². The highest BCUT2D eigenvalue weighted by atomic mass is 16.5. The highest BCUT2D eigenvalue weighted by Crippen LogP contribution is 2.23. The molecule has 0 fully saturated rings. The molecule has 0 spiro atoms. The number of benzene rings is 1. The van der Waals surface area contributed by atoms with E-state index in [-0.39, 0.29) is 23.7 Å². The lowest BCUT2D eigenvalue weighted by atomic mass is 10.0. The summed E-state index contributed by atoms with van der Waals surface area (Å²) in [5.74, 6) is -0.0754. The first kappa shape index (κ1) is 23.3. The Kier molecular flexibility index (Phi) is 8.24. The molecule has 8 heteroatoms. The van der Waals surface area contributed by atoms with Crippen LogP contribution in [0.25, 0.3) is 11.3 Å². The number of methoxy groups -OCH3 is 1. The van der Waals surface area contributed by atoms with Gasteiger partial charge in [0.1, 0.15) is 5.69 Å². The SMILES string of the molecule is COCCCN(C)c1ccncc1CC(=O)c1nc(-c2ccc(CCN)cc2)cnc1N. The third kappa shape index (κ3) is 5.87. The van der Waals surface area contributed by atoms with Crippen molar-refractivity contribution in [3.05, 3.63) is 65.7 Å². The predicted octanol–water partition coefficient (Wildman–Crippen LogP) is 2.52. The van der Waals surface area contributed by atoms with Crippen LogP contribution in [0.4, 0.5) is 11.5 Å². The minimum atomic E-state index is -0.198. The number of nitrogens with zero attached hydrogens (tertiary/aromatic N) is 4. The zero-order chi connectivity index (χ0) is 22.9. The number of aromatic nitrogens is 3.